The molecule has 0 aliphatic rings. The lowest BCUT2D eigenvalue weighted by molar-refractivity contribution is -0.235. The van der Waals surface area contributed by atoms with Gasteiger partial charge in [-0.05, 0) is 18.8 Å². The zero-order chi connectivity index (χ0) is 13.2. The number of esters is 1. The Morgan fingerprint density at radius 1 is 1.19 bits per heavy atom. The highest BCUT2D eigenvalue weighted by Crippen LogP contribution is 2.47. The van der Waals surface area contributed by atoms with Crippen LogP contribution in [0.4, 0.5) is 13.2 Å². The molecule has 96 valence electrons. The number of alkyl halides is 3. The van der Waals surface area contributed by atoms with Crippen molar-refractivity contribution < 1.29 is 22.7 Å². The topological polar surface area (TPSA) is 26.3 Å². The molecule has 0 radical (unpaired) electrons. The van der Waals surface area contributed by atoms with Gasteiger partial charge in [-0.3, -0.25) is 4.79 Å². The van der Waals surface area contributed by atoms with Crippen LogP contribution in [-0.2, 0) is 9.53 Å². The van der Waals surface area contributed by atoms with E-state index in [9.17, 15) is 18.0 Å². The largest absolute Gasteiger partial charge is 0.468 e. The van der Waals surface area contributed by atoms with Crippen molar-refractivity contribution in [2.24, 2.45) is 10.8 Å². The van der Waals surface area contributed by atoms with Crippen LogP contribution in [0.15, 0.2) is 0 Å². The number of methoxy groups -OCH3 is 1. The highest BCUT2D eigenvalue weighted by Gasteiger charge is 2.59. The molecule has 1 unspecified atom stereocenters. The average Bonchev–Trinajstić information content (AvgIpc) is 2.14. The zero-order valence-electron chi connectivity index (χ0n) is 10.4. The van der Waals surface area contributed by atoms with Crippen molar-refractivity contribution in [3.63, 3.8) is 0 Å². The summed E-state index contributed by atoms with van der Waals surface area (Å²) in [7, 11) is 0.977. The lowest BCUT2D eigenvalue weighted by atomic mass is 9.72. The molecule has 0 rings (SSSR count). The molecule has 0 saturated heterocycles. The maximum Gasteiger partial charge on any atom is 0.404 e. The average molecular weight is 240 g/mol. The van der Waals surface area contributed by atoms with E-state index in [-0.39, 0.29) is 6.42 Å². The highest BCUT2D eigenvalue weighted by atomic mass is 19.4. The second-order valence-corrected chi connectivity index (χ2v) is 5.02. The second-order valence-electron chi connectivity index (χ2n) is 5.02. The molecule has 0 aliphatic carbocycles. The molecule has 0 bridgehead atoms. The normalized spacial score (nSPS) is 16.8. The zero-order valence-corrected chi connectivity index (χ0v) is 10.4. The third-order valence-corrected chi connectivity index (χ3v) is 3.05. The van der Waals surface area contributed by atoms with Crippen molar-refractivity contribution in [3.05, 3.63) is 0 Å². The van der Waals surface area contributed by atoms with Crippen LogP contribution < -0.4 is 0 Å². The van der Waals surface area contributed by atoms with E-state index >= 15 is 0 Å². The third kappa shape index (κ3) is 3.12. The van der Waals surface area contributed by atoms with E-state index in [1.54, 1.807) is 20.8 Å². The smallest absolute Gasteiger partial charge is 0.404 e. The molecule has 5 heteroatoms. The van der Waals surface area contributed by atoms with Gasteiger partial charge in [0.05, 0.1) is 7.11 Å². The maximum atomic E-state index is 12.9. The van der Waals surface area contributed by atoms with Crippen molar-refractivity contribution in [1.82, 2.24) is 0 Å². The van der Waals surface area contributed by atoms with Gasteiger partial charge in [0, 0.05) is 0 Å². The van der Waals surface area contributed by atoms with E-state index in [0.717, 1.165) is 14.0 Å². The van der Waals surface area contributed by atoms with Crippen molar-refractivity contribution in [2.45, 2.75) is 46.7 Å². The van der Waals surface area contributed by atoms with Gasteiger partial charge < -0.3 is 4.74 Å². The number of hydrogen-bond acceptors (Lipinski definition) is 2. The Hall–Kier alpha value is -0.740. The van der Waals surface area contributed by atoms with Gasteiger partial charge in [-0.25, -0.2) is 0 Å². The molecule has 0 aromatic rings. The lowest BCUT2D eigenvalue weighted by Crippen LogP contribution is -2.46. The molecule has 0 saturated carbocycles. The molecule has 0 aliphatic heterocycles. The molecular weight excluding hydrogens is 221 g/mol. The molecule has 0 amide bonds. The standard InChI is InChI=1S/C11H19F3O2/c1-6-9(2,3)7-10(4,8(15)16-5)11(12,13)14/h6-7H2,1-5H3. The molecule has 0 spiro atoms. The van der Waals surface area contributed by atoms with Crippen molar-refractivity contribution >= 4 is 5.97 Å². The summed E-state index contributed by atoms with van der Waals surface area (Å²) >= 11 is 0. The minimum absolute atomic E-state index is 0.271. The molecule has 0 aromatic heterocycles. The van der Waals surface area contributed by atoms with Gasteiger partial charge in [0.15, 0.2) is 5.41 Å². The quantitative estimate of drug-likeness (QED) is 0.702. The predicted molar refractivity (Wildman–Crippen MR) is 54.9 cm³/mol. The first-order valence-corrected chi connectivity index (χ1v) is 5.15. The van der Waals surface area contributed by atoms with Crippen LogP contribution in [0.5, 0.6) is 0 Å². The van der Waals surface area contributed by atoms with Crippen molar-refractivity contribution in [3.8, 4) is 0 Å². The molecule has 2 nitrogen and oxygen atoms in total. The van der Waals surface area contributed by atoms with Crippen LogP contribution in [0.3, 0.4) is 0 Å². The highest BCUT2D eigenvalue weighted by molar-refractivity contribution is 5.77. The Morgan fingerprint density at radius 3 is 1.88 bits per heavy atom. The van der Waals surface area contributed by atoms with Crippen molar-refractivity contribution in [1.29, 1.82) is 0 Å². The SMILES string of the molecule is CCC(C)(C)CC(C)(C(=O)OC)C(F)(F)F. The number of rotatable bonds is 4. The van der Waals surface area contributed by atoms with Gasteiger partial charge in [0.2, 0.25) is 0 Å². The molecule has 0 fully saturated rings. The van der Waals surface area contributed by atoms with Crippen LogP contribution in [0.25, 0.3) is 0 Å². The first kappa shape index (κ1) is 15.3. The van der Waals surface area contributed by atoms with Gasteiger partial charge in [-0.15, -0.1) is 0 Å². The van der Waals surface area contributed by atoms with E-state index in [2.05, 4.69) is 4.74 Å². The summed E-state index contributed by atoms with van der Waals surface area (Å²) in [5.74, 6) is -1.22. The Kier molecular flexibility index (Phi) is 4.42. The number of halogens is 3. The number of ether oxygens (including phenoxy) is 1. The Labute approximate surface area is 94.2 Å². The summed E-state index contributed by atoms with van der Waals surface area (Å²) < 4.78 is 43.0. The summed E-state index contributed by atoms with van der Waals surface area (Å²) in [6.07, 6.45) is -4.30. The monoisotopic (exact) mass is 240 g/mol. The summed E-state index contributed by atoms with van der Waals surface area (Å²) in [6.45, 7) is 6.12. The van der Waals surface area contributed by atoms with Gasteiger partial charge in [-0.1, -0.05) is 27.2 Å². The Bertz CT molecular complexity index is 258. The lowest BCUT2D eigenvalue weighted by Gasteiger charge is -2.36. The van der Waals surface area contributed by atoms with E-state index in [0.29, 0.717) is 6.42 Å². The first-order valence-electron chi connectivity index (χ1n) is 5.15. The van der Waals surface area contributed by atoms with Crippen LogP contribution in [0, 0.1) is 10.8 Å². The Balaban J connectivity index is 5.20. The maximum absolute atomic E-state index is 12.9. The van der Waals surface area contributed by atoms with Gasteiger partial charge >= 0.3 is 12.1 Å². The van der Waals surface area contributed by atoms with E-state index in [1.165, 1.54) is 0 Å². The third-order valence-electron chi connectivity index (χ3n) is 3.05. The first-order chi connectivity index (χ1) is 7.00. The van der Waals surface area contributed by atoms with Crippen molar-refractivity contribution in [2.75, 3.05) is 7.11 Å². The predicted octanol–water partition coefficient (Wildman–Crippen LogP) is 3.55. The van der Waals surface area contributed by atoms with Crippen LogP contribution in [0.2, 0.25) is 0 Å². The molecule has 1 atom stereocenters. The summed E-state index contributed by atoms with van der Waals surface area (Å²) in [5.41, 5.74) is -2.99. The van der Waals surface area contributed by atoms with Gasteiger partial charge in [-0.2, -0.15) is 13.2 Å². The fourth-order valence-corrected chi connectivity index (χ4v) is 1.60. The second kappa shape index (κ2) is 4.63. The molecule has 0 aromatic carbocycles. The summed E-state index contributed by atoms with van der Waals surface area (Å²) in [5, 5.41) is 0. The number of carbonyl (C=O) groups is 1. The molecule has 0 heterocycles. The molecular formula is C11H19F3O2. The van der Waals surface area contributed by atoms with Gasteiger partial charge in [0.1, 0.15) is 0 Å². The fourth-order valence-electron chi connectivity index (χ4n) is 1.60. The summed E-state index contributed by atoms with van der Waals surface area (Å²) in [6, 6.07) is 0. The van der Waals surface area contributed by atoms with E-state index in [1.807, 2.05) is 0 Å². The van der Waals surface area contributed by atoms with Crippen LogP contribution >= 0.6 is 0 Å². The molecule has 0 N–H and O–H groups in total. The number of carbonyl (C=O) groups excluding carboxylic acids is 1. The molecule has 16 heavy (non-hydrogen) atoms. The fraction of sp³-hybridized carbons (Fsp3) is 0.909. The summed E-state index contributed by atoms with van der Waals surface area (Å²) in [4.78, 5) is 11.3. The van der Waals surface area contributed by atoms with Gasteiger partial charge in [0.25, 0.3) is 0 Å². The van der Waals surface area contributed by atoms with E-state index < -0.39 is 23.0 Å². The Morgan fingerprint density at radius 2 is 1.62 bits per heavy atom. The van der Waals surface area contributed by atoms with Crippen LogP contribution in [0.1, 0.15) is 40.5 Å². The minimum atomic E-state index is -4.59. The number of hydrogen-bond donors (Lipinski definition) is 0. The van der Waals surface area contributed by atoms with Crippen LogP contribution in [-0.4, -0.2) is 19.3 Å². The van der Waals surface area contributed by atoms with E-state index in [4.69, 9.17) is 0 Å². The minimum Gasteiger partial charge on any atom is -0.468 e.